The number of thiazole rings is 1. The van der Waals surface area contributed by atoms with Crippen molar-refractivity contribution in [1.82, 2.24) is 4.98 Å². The van der Waals surface area contributed by atoms with E-state index in [0.717, 1.165) is 19.4 Å². The van der Waals surface area contributed by atoms with E-state index in [2.05, 4.69) is 17.2 Å². The summed E-state index contributed by atoms with van der Waals surface area (Å²) in [7, 11) is 0. The summed E-state index contributed by atoms with van der Waals surface area (Å²) in [6.45, 7) is 4.15. The molecule has 0 amide bonds. The molecule has 1 aromatic heterocycles. The number of carbonyl (C=O) groups is 1. The van der Waals surface area contributed by atoms with E-state index in [0.29, 0.717) is 24.0 Å². The van der Waals surface area contributed by atoms with Crippen molar-refractivity contribution >= 4 is 22.4 Å². The van der Waals surface area contributed by atoms with Gasteiger partial charge in [0.2, 0.25) is 0 Å². The Balaban J connectivity index is 2.25. The lowest BCUT2D eigenvalue weighted by molar-refractivity contribution is -0.138. The highest BCUT2D eigenvalue weighted by Gasteiger charge is 2.17. The lowest BCUT2D eigenvalue weighted by Gasteiger charge is -2.04. The molecule has 0 aliphatic heterocycles. The van der Waals surface area contributed by atoms with Crippen molar-refractivity contribution in [3.05, 3.63) is 11.1 Å². The molecule has 1 atom stereocenters. The Morgan fingerprint density at radius 2 is 2.44 bits per heavy atom. The summed E-state index contributed by atoms with van der Waals surface area (Å²) in [6.07, 6.45) is 2.19. The zero-order valence-electron chi connectivity index (χ0n) is 10.4. The summed E-state index contributed by atoms with van der Waals surface area (Å²) >= 11 is 1.34. The summed E-state index contributed by atoms with van der Waals surface area (Å²) < 4.78 is 5.38. The molecule has 1 rings (SSSR count). The first-order chi connectivity index (χ1) is 8.65. The highest BCUT2D eigenvalue weighted by Crippen LogP contribution is 2.19. The van der Waals surface area contributed by atoms with Crippen LogP contribution in [0.4, 0.5) is 5.13 Å². The van der Waals surface area contributed by atoms with Crippen LogP contribution in [-0.2, 0) is 9.53 Å². The fourth-order valence-corrected chi connectivity index (χ4v) is 1.99. The van der Waals surface area contributed by atoms with E-state index < -0.39 is 12.0 Å². The summed E-state index contributed by atoms with van der Waals surface area (Å²) in [5.74, 6) is -1.07. The van der Waals surface area contributed by atoms with Gasteiger partial charge in [0, 0.05) is 18.5 Å². The third kappa shape index (κ3) is 4.99. The molecule has 4 N–H and O–H groups in total. The number of aromatic nitrogens is 1. The molecule has 0 aromatic carbocycles. The van der Waals surface area contributed by atoms with Gasteiger partial charge in [0.05, 0.1) is 12.3 Å². The van der Waals surface area contributed by atoms with Gasteiger partial charge in [-0.1, -0.05) is 13.3 Å². The first-order valence-corrected chi connectivity index (χ1v) is 6.78. The van der Waals surface area contributed by atoms with Crippen LogP contribution < -0.4 is 11.1 Å². The molecule has 0 fully saturated rings. The normalized spacial score (nSPS) is 12.3. The van der Waals surface area contributed by atoms with Crippen molar-refractivity contribution in [3.8, 4) is 0 Å². The number of nitrogens with one attached hydrogen (secondary N) is 1. The number of hydrogen-bond acceptors (Lipinski definition) is 6. The number of anilines is 1. The smallest absolute Gasteiger partial charge is 0.326 e. The molecule has 102 valence electrons. The number of ether oxygens (including phenoxy) is 1. The Hall–Kier alpha value is -1.18. The molecule has 18 heavy (non-hydrogen) atoms. The second-order valence-electron chi connectivity index (χ2n) is 3.79. The first kappa shape index (κ1) is 14.9. The summed E-state index contributed by atoms with van der Waals surface area (Å²) in [5, 5.41) is 14.1. The van der Waals surface area contributed by atoms with Crippen LogP contribution in [0, 0.1) is 0 Å². The highest BCUT2D eigenvalue weighted by molar-refractivity contribution is 7.13. The van der Waals surface area contributed by atoms with Crippen molar-refractivity contribution in [3.63, 3.8) is 0 Å². The molecule has 1 aromatic rings. The average molecular weight is 273 g/mol. The maximum Gasteiger partial charge on any atom is 0.326 e. The standard InChI is InChI=1S/C11H19N3O3S/c1-2-3-5-17-6-4-13-11-14-8(7-18-11)9(12)10(15)16/h7,9H,2-6,12H2,1H3,(H,13,14)(H,15,16). The largest absolute Gasteiger partial charge is 0.480 e. The van der Waals surface area contributed by atoms with Gasteiger partial charge >= 0.3 is 5.97 Å². The molecule has 0 saturated heterocycles. The minimum Gasteiger partial charge on any atom is -0.480 e. The van der Waals surface area contributed by atoms with Gasteiger partial charge in [0.15, 0.2) is 5.13 Å². The van der Waals surface area contributed by atoms with E-state index in [-0.39, 0.29) is 0 Å². The van der Waals surface area contributed by atoms with E-state index in [4.69, 9.17) is 15.6 Å². The van der Waals surface area contributed by atoms with E-state index in [1.807, 2.05) is 0 Å². The molecule has 1 unspecified atom stereocenters. The number of carboxylic acids is 1. The molecule has 0 spiro atoms. The number of aliphatic carboxylic acids is 1. The van der Waals surface area contributed by atoms with Crippen molar-refractivity contribution in [1.29, 1.82) is 0 Å². The zero-order chi connectivity index (χ0) is 13.4. The van der Waals surface area contributed by atoms with Gasteiger partial charge in [-0.25, -0.2) is 4.98 Å². The molecule has 0 aliphatic rings. The SMILES string of the molecule is CCCCOCCNc1nc(C(N)C(=O)O)cs1. The Morgan fingerprint density at radius 3 is 3.11 bits per heavy atom. The van der Waals surface area contributed by atoms with Crippen LogP contribution in [0.1, 0.15) is 31.5 Å². The summed E-state index contributed by atoms with van der Waals surface area (Å²) in [6, 6.07) is -1.06. The Kier molecular flexibility index (Phi) is 6.63. The van der Waals surface area contributed by atoms with Crippen LogP contribution in [0.2, 0.25) is 0 Å². The fraction of sp³-hybridized carbons (Fsp3) is 0.636. The quantitative estimate of drug-likeness (QED) is 0.589. The Bertz CT molecular complexity index is 370. The third-order valence-corrected chi connectivity index (χ3v) is 3.09. The molecule has 0 radical (unpaired) electrons. The Labute approximate surface area is 110 Å². The van der Waals surface area contributed by atoms with Crippen molar-refractivity contribution in [2.45, 2.75) is 25.8 Å². The van der Waals surface area contributed by atoms with Gasteiger partial charge in [-0.2, -0.15) is 0 Å². The van der Waals surface area contributed by atoms with Gasteiger partial charge in [0.1, 0.15) is 6.04 Å². The molecular formula is C11H19N3O3S. The number of rotatable bonds is 9. The fourth-order valence-electron chi connectivity index (χ4n) is 1.22. The van der Waals surface area contributed by atoms with Gasteiger partial charge in [-0.3, -0.25) is 4.79 Å². The lowest BCUT2D eigenvalue weighted by Crippen LogP contribution is -2.21. The van der Waals surface area contributed by atoms with Crippen molar-refractivity contribution in [2.75, 3.05) is 25.1 Å². The highest BCUT2D eigenvalue weighted by atomic mass is 32.1. The zero-order valence-corrected chi connectivity index (χ0v) is 11.2. The molecule has 0 saturated carbocycles. The number of nitrogens with two attached hydrogens (primary N) is 1. The van der Waals surface area contributed by atoms with Crippen LogP contribution in [0.3, 0.4) is 0 Å². The van der Waals surface area contributed by atoms with E-state index in [1.165, 1.54) is 11.3 Å². The van der Waals surface area contributed by atoms with E-state index >= 15 is 0 Å². The number of unbranched alkanes of at least 4 members (excludes halogenated alkanes) is 1. The summed E-state index contributed by atoms with van der Waals surface area (Å²) in [5.41, 5.74) is 5.83. The van der Waals surface area contributed by atoms with Gasteiger partial charge in [-0.05, 0) is 6.42 Å². The first-order valence-electron chi connectivity index (χ1n) is 5.90. The van der Waals surface area contributed by atoms with Crippen molar-refractivity contribution in [2.24, 2.45) is 5.73 Å². The molecule has 1 heterocycles. The topological polar surface area (TPSA) is 97.5 Å². The second kappa shape index (κ2) is 8.02. The van der Waals surface area contributed by atoms with Gasteiger partial charge in [-0.15, -0.1) is 11.3 Å². The molecule has 6 nitrogen and oxygen atoms in total. The van der Waals surface area contributed by atoms with E-state index in [1.54, 1.807) is 5.38 Å². The molecular weight excluding hydrogens is 254 g/mol. The minimum absolute atomic E-state index is 0.377. The van der Waals surface area contributed by atoms with Gasteiger partial charge in [0.25, 0.3) is 0 Å². The maximum atomic E-state index is 10.7. The maximum absolute atomic E-state index is 10.7. The predicted octanol–water partition coefficient (Wildman–Crippen LogP) is 1.46. The van der Waals surface area contributed by atoms with Crippen LogP contribution in [-0.4, -0.2) is 35.8 Å². The van der Waals surface area contributed by atoms with Crippen molar-refractivity contribution < 1.29 is 14.6 Å². The van der Waals surface area contributed by atoms with Crippen LogP contribution in [0.5, 0.6) is 0 Å². The monoisotopic (exact) mass is 273 g/mol. The second-order valence-corrected chi connectivity index (χ2v) is 4.64. The number of hydrogen-bond donors (Lipinski definition) is 3. The number of nitrogens with zero attached hydrogens (tertiary/aromatic N) is 1. The Morgan fingerprint density at radius 1 is 1.67 bits per heavy atom. The molecule has 0 bridgehead atoms. The minimum atomic E-state index is -1.07. The van der Waals surface area contributed by atoms with Crippen LogP contribution in [0.25, 0.3) is 0 Å². The van der Waals surface area contributed by atoms with E-state index in [9.17, 15) is 4.79 Å². The van der Waals surface area contributed by atoms with Crippen LogP contribution >= 0.6 is 11.3 Å². The molecule has 0 aliphatic carbocycles. The third-order valence-electron chi connectivity index (χ3n) is 2.27. The predicted molar refractivity (Wildman–Crippen MR) is 70.9 cm³/mol. The van der Waals surface area contributed by atoms with Gasteiger partial charge < -0.3 is 20.9 Å². The summed E-state index contributed by atoms with van der Waals surface area (Å²) in [4.78, 5) is 14.8. The van der Waals surface area contributed by atoms with Crippen LogP contribution in [0.15, 0.2) is 5.38 Å². The average Bonchev–Trinajstić information content (AvgIpc) is 2.81. The molecule has 7 heteroatoms. The number of carboxylic acid groups (broad SMARTS) is 1. The lowest BCUT2D eigenvalue weighted by atomic mass is 10.2.